The molecule has 0 aromatic heterocycles. The summed E-state index contributed by atoms with van der Waals surface area (Å²) >= 11 is 0. The highest BCUT2D eigenvalue weighted by Gasteiger charge is 2.34. The molecule has 1 aromatic rings. The average Bonchev–Trinajstić information content (AvgIpc) is 2.72. The fraction of sp³-hybridized carbons (Fsp3) is 0.647. The van der Waals surface area contributed by atoms with Gasteiger partial charge in [-0.3, -0.25) is 4.90 Å². The van der Waals surface area contributed by atoms with E-state index >= 15 is 0 Å². The van der Waals surface area contributed by atoms with Gasteiger partial charge in [-0.05, 0) is 44.4 Å². The smallest absolute Gasteiger partial charge is 0.0459 e. The molecule has 106 valence electrons. The zero-order chi connectivity index (χ0) is 13.8. The first-order valence-corrected chi connectivity index (χ1v) is 7.74. The summed E-state index contributed by atoms with van der Waals surface area (Å²) in [6.07, 6.45) is 5.00. The van der Waals surface area contributed by atoms with Gasteiger partial charge in [-0.2, -0.15) is 0 Å². The maximum absolute atomic E-state index is 6.49. The van der Waals surface area contributed by atoms with Crippen molar-refractivity contribution < 1.29 is 0 Å². The van der Waals surface area contributed by atoms with Crippen molar-refractivity contribution in [2.75, 3.05) is 6.54 Å². The summed E-state index contributed by atoms with van der Waals surface area (Å²) in [5.74, 6) is 0. The van der Waals surface area contributed by atoms with Gasteiger partial charge in [-0.1, -0.05) is 44.0 Å². The molecule has 1 aliphatic rings. The van der Waals surface area contributed by atoms with E-state index in [9.17, 15) is 0 Å². The number of hydrogen-bond donors (Lipinski definition) is 1. The second-order valence-electron chi connectivity index (χ2n) is 6.03. The van der Waals surface area contributed by atoms with Crippen LogP contribution < -0.4 is 5.73 Å². The van der Waals surface area contributed by atoms with Crippen LogP contribution in [0.4, 0.5) is 0 Å². The Balaban J connectivity index is 2.08. The molecule has 0 aliphatic heterocycles. The molecule has 19 heavy (non-hydrogen) atoms. The van der Waals surface area contributed by atoms with Crippen LogP contribution in [0.1, 0.15) is 57.2 Å². The van der Waals surface area contributed by atoms with Crippen LogP contribution in [-0.2, 0) is 6.42 Å². The topological polar surface area (TPSA) is 29.3 Å². The lowest BCUT2D eigenvalue weighted by Crippen LogP contribution is -2.45. The Hall–Kier alpha value is -0.860. The van der Waals surface area contributed by atoms with Crippen molar-refractivity contribution in [3.8, 4) is 0 Å². The summed E-state index contributed by atoms with van der Waals surface area (Å²) in [6.45, 7) is 8.03. The summed E-state index contributed by atoms with van der Waals surface area (Å²) in [5, 5.41) is 0. The Bertz CT molecular complexity index is 400. The average molecular weight is 260 g/mol. The van der Waals surface area contributed by atoms with Crippen LogP contribution in [0.5, 0.6) is 0 Å². The Labute approximate surface area is 118 Å². The normalized spacial score (nSPS) is 22.2. The van der Waals surface area contributed by atoms with Crippen molar-refractivity contribution in [1.29, 1.82) is 0 Å². The number of rotatable bonds is 6. The third-order valence-electron chi connectivity index (χ3n) is 4.37. The van der Waals surface area contributed by atoms with Gasteiger partial charge in [-0.25, -0.2) is 0 Å². The maximum Gasteiger partial charge on any atom is 0.0459 e. The molecule has 2 unspecified atom stereocenters. The molecule has 2 heteroatoms. The van der Waals surface area contributed by atoms with E-state index in [1.54, 1.807) is 0 Å². The first kappa shape index (κ1) is 14.5. The minimum absolute atomic E-state index is 0.181. The fourth-order valence-corrected chi connectivity index (χ4v) is 3.28. The number of hydrogen-bond acceptors (Lipinski definition) is 2. The third-order valence-corrected chi connectivity index (χ3v) is 4.37. The van der Waals surface area contributed by atoms with Crippen LogP contribution in [0.2, 0.25) is 0 Å². The van der Waals surface area contributed by atoms with Crippen LogP contribution >= 0.6 is 0 Å². The number of unbranched alkanes of at least 4 members (excludes halogenated alkanes) is 2. The van der Waals surface area contributed by atoms with E-state index in [-0.39, 0.29) is 6.04 Å². The lowest BCUT2D eigenvalue weighted by molar-refractivity contribution is 0.136. The van der Waals surface area contributed by atoms with E-state index in [4.69, 9.17) is 5.73 Å². The zero-order valence-corrected chi connectivity index (χ0v) is 12.6. The van der Waals surface area contributed by atoms with Crippen LogP contribution in [0.3, 0.4) is 0 Å². The van der Waals surface area contributed by atoms with Crippen molar-refractivity contribution in [2.45, 2.75) is 64.6 Å². The Kier molecular flexibility index (Phi) is 5.00. The quantitative estimate of drug-likeness (QED) is 0.793. The molecule has 0 heterocycles. The van der Waals surface area contributed by atoms with Gasteiger partial charge in [0.05, 0.1) is 0 Å². The highest BCUT2D eigenvalue weighted by atomic mass is 15.2. The highest BCUT2D eigenvalue weighted by molar-refractivity contribution is 5.36. The number of nitrogens with zero attached hydrogens (tertiary/aromatic N) is 1. The van der Waals surface area contributed by atoms with Crippen molar-refractivity contribution in [3.05, 3.63) is 35.4 Å². The van der Waals surface area contributed by atoms with Crippen LogP contribution in [0, 0.1) is 0 Å². The van der Waals surface area contributed by atoms with Gasteiger partial charge < -0.3 is 5.73 Å². The van der Waals surface area contributed by atoms with Crippen molar-refractivity contribution in [3.63, 3.8) is 0 Å². The molecule has 0 fully saturated rings. The van der Waals surface area contributed by atoms with Gasteiger partial charge in [0.25, 0.3) is 0 Å². The fourth-order valence-electron chi connectivity index (χ4n) is 3.28. The second-order valence-corrected chi connectivity index (χ2v) is 6.03. The van der Waals surface area contributed by atoms with Crippen molar-refractivity contribution >= 4 is 0 Å². The summed E-state index contributed by atoms with van der Waals surface area (Å²) < 4.78 is 0. The monoisotopic (exact) mass is 260 g/mol. The summed E-state index contributed by atoms with van der Waals surface area (Å²) in [5.41, 5.74) is 9.29. The van der Waals surface area contributed by atoms with Crippen molar-refractivity contribution in [1.82, 2.24) is 4.90 Å². The van der Waals surface area contributed by atoms with E-state index < -0.39 is 0 Å². The molecule has 0 radical (unpaired) electrons. The molecule has 2 atom stereocenters. The van der Waals surface area contributed by atoms with E-state index in [1.807, 2.05) is 0 Å². The molecule has 0 spiro atoms. The summed E-state index contributed by atoms with van der Waals surface area (Å²) in [4.78, 5) is 2.61. The van der Waals surface area contributed by atoms with E-state index in [0.717, 1.165) is 6.42 Å². The van der Waals surface area contributed by atoms with Gasteiger partial charge in [0.15, 0.2) is 0 Å². The van der Waals surface area contributed by atoms with E-state index in [1.165, 1.54) is 36.9 Å². The Morgan fingerprint density at radius 3 is 2.63 bits per heavy atom. The first-order valence-electron chi connectivity index (χ1n) is 7.74. The van der Waals surface area contributed by atoms with Gasteiger partial charge >= 0.3 is 0 Å². The van der Waals surface area contributed by atoms with Crippen LogP contribution in [-0.4, -0.2) is 23.5 Å². The predicted molar refractivity (Wildman–Crippen MR) is 82.2 cm³/mol. The molecule has 1 aliphatic carbocycles. The molecule has 2 N–H and O–H groups in total. The molecular formula is C17H28N2. The summed E-state index contributed by atoms with van der Waals surface area (Å²) in [7, 11) is 0. The second kappa shape index (κ2) is 6.53. The maximum atomic E-state index is 6.49. The van der Waals surface area contributed by atoms with Gasteiger partial charge in [-0.15, -0.1) is 0 Å². The third kappa shape index (κ3) is 3.18. The van der Waals surface area contributed by atoms with Crippen LogP contribution in [0.25, 0.3) is 0 Å². The number of fused-ring (bicyclic) bond motifs is 1. The molecule has 0 amide bonds. The molecule has 2 rings (SSSR count). The minimum Gasteiger partial charge on any atom is -0.323 e. The van der Waals surface area contributed by atoms with Gasteiger partial charge in [0, 0.05) is 18.1 Å². The SMILES string of the molecule is CCCCCN(C(C)C)C1Cc2ccccc2C1N. The molecule has 1 aromatic carbocycles. The number of benzene rings is 1. The van der Waals surface area contributed by atoms with Crippen molar-refractivity contribution in [2.24, 2.45) is 5.73 Å². The highest BCUT2D eigenvalue weighted by Crippen LogP contribution is 2.33. The van der Waals surface area contributed by atoms with E-state index in [2.05, 4.69) is 49.9 Å². The molecule has 0 saturated heterocycles. The van der Waals surface area contributed by atoms with Gasteiger partial charge in [0.1, 0.15) is 0 Å². The lowest BCUT2D eigenvalue weighted by atomic mass is 10.1. The molecule has 0 saturated carbocycles. The Morgan fingerprint density at radius 2 is 2.00 bits per heavy atom. The summed E-state index contributed by atoms with van der Waals surface area (Å²) in [6, 6.07) is 9.91. The van der Waals surface area contributed by atoms with Gasteiger partial charge in [0.2, 0.25) is 0 Å². The van der Waals surface area contributed by atoms with E-state index in [0.29, 0.717) is 12.1 Å². The zero-order valence-electron chi connectivity index (χ0n) is 12.6. The molecule has 0 bridgehead atoms. The molecule has 2 nitrogen and oxygen atoms in total. The largest absolute Gasteiger partial charge is 0.323 e. The number of nitrogens with two attached hydrogens (primary N) is 1. The minimum atomic E-state index is 0.181. The lowest BCUT2D eigenvalue weighted by Gasteiger charge is -2.35. The Morgan fingerprint density at radius 1 is 1.26 bits per heavy atom. The molecular weight excluding hydrogens is 232 g/mol. The standard InChI is InChI=1S/C17H28N2/c1-4-5-8-11-19(13(2)3)16-12-14-9-6-7-10-15(14)17(16)18/h6-7,9-10,13,16-17H,4-5,8,11-12,18H2,1-3H3. The van der Waals surface area contributed by atoms with Crippen LogP contribution in [0.15, 0.2) is 24.3 Å². The first-order chi connectivity index (χ1) is 9.15. The predicted octanol–water partition coefficient (Wildman–Crippen LogP) is 3.51.